The maximum absolute atomic E-state index is 15.0. The van der Waals surface area contributed by atoms with Crippen LogP contribution >= 0.6 is 0 Å². The predicted octanol–water partition coefficient (Wildman–Crippen LogP) is 2.08. The SMILES string of the molecule is N=C(N)CC(=O)OCc1cccc(-c2cnc(N3CCC(=NOCCN4CCOC4=O)CC3)nc2)c1F. The van der Waals surface area contributed by atoms with Crippen molar-refractivity contribution >= 4 is 29.6 Å². The van der Waals surface area contributed by atoms with Crippen LogP contribution < -0.4 is 10.6 Å². The number of nitrogens with two attached hydrogens (primary N) is 1. The smallest absolute Gasteiger partial charge is 0.410 e. The van der Waals surface area contributed by atoms with Gasteiger partial charge in [-0.15, -0.1) is 0 Å². The van der Waals surface area contributed by atoms with E-state index in [4.69, 9.17) is 25.5 Å². The number of benzene rings is 1. The summed E-state index contributed by atoms with van der Waals surface area (Å²) in [5.41, 5.74) is 7.09. The normalized spacial score (nSPS) is 15.4. The van der Waals surface area contributed by atoms with Gasteiger partial charge in [-0.2, -0.15) is 0 Å². The number of ether oxygens (including phenoxy) is 2. The first-order valence-corrected chi connectivity index (χ1v) is 11.8. The molecular formula is C24H28FN7O5. The second-order valence-corrected chi connectivity index (χ2v) is 8.49. The molecule has 12 nitrogen and oxygen atoms in total. The number of carbonyl (C=O) groups is 2. The van der Waals surface area contributed by atoms with Crippen molar-refractivity contribution in [3.8, 4) is 11.1 Å². The Labute approximate surface area is 212 Å². The minimum atomic E-state index is -0.694. The first-order chi connectivity index (χ1) is 17.9. The molecule has 3 heterocycles. The van der Waals surface area contributed by atoms with E-state index in [0.29, 0.717) is 69.3 Å². The first-order valence-electron chi connectivity index (χ1n) is 11.8. The molecule has 37 heavy (non-hydrogen) atoms. The lowest BCUT2D eigenvalue weighted by atomic mass is 10.0. The van der Waals surface area contributed by atoms with Crippen LogP contribution in [0.1, 0.15) is 24.8 Å². The van der Waals surface area contributed by atoms with E-state index in [9.17, 15) is 9.59 Å². The van der Waals surface area contributed by atoms with E-state index in [1.54, 1.807) is 29.4 Å². The van der Waals surface area contributed by atoms with Crippen LogP contribution in [-0.4, -0.2) is 77.9 Å². The van der Waals surface area contributed by atoms with Crippen molar-refractivity contribution in [2.24, 2.45) is 10.9 Å². The Bertz CT molecular complexity index is 1160. The van der Waals surface area contributed by atoms with Crippen LogP contribution in [0.5, 0.6) is 0 Å². The Morgan fingerprint density at radius 1 is 1.22 bits per heavy atom. The van der Waals surface area contributed by atoms with E-state index in [-0.39, 0.29) is 30.5 Å². The number of aromatic nitrogens is 2. The lowest BCUT2D eigenvalue weighted by Gasteiger charge is -2.27. The summed E-state index contributed by atoms with van der Waals surface area (Å²) >= 11 is 0. The highest BCUT2D eigenvalue weighted by Crippen LogP contribution is 2.26. The molecule has 1 aromatic heterocycles. The molecule has 196 valence electrons. The van der Waals surface area contributed by atoms with Gasteiger partial charge in [-0.25, -0.2) is 19.2 Å². The summed E-state index contributed by atoms with van der Waals surface area (Å²) < 4.78 is 24.9. The zero-order valence-corrected chi connectivity index (χ0v) is 20.2. The Balaban J connectivity index is 1.28. The molecule has 4 rings (SSSR count). The highest BCUT2D eigenvalue weighted by Gasteiger charge is 2.22. The number of esters is 1. The minimum Gasteiger partial charge on any atom is -0.460 e. The molecule has 1 aromatic carbocycles. The highest BCUT2D eigenvalue weighted by molar-refractivity contribution is 5.94. The van der Waals surface area contributed by atoms with Crippen molar-refractivity contribution in [2.45, 2.75) is 25.9 Å². The van der Waals surface area contributed by atoms with Crippen molar-refractivity contribution in [3.05, 3.63) is 42.0 Å². The summed E-state index contributed by atoms with van der Waals surface area (Å²) in [6.45, 7) is 2.79. The van der Waals surface area contributed by atoms with Gasteiger partial charge in [0.15, 0.2) is 0 Å². The summed E-state index contributed by atoms with van der Waals surface area (Å²) in [7, 11) is 0. The third-order valence-electron chi connectivity index (χ3n) is 5.87. The number of amides is 1. The van der Waals surface area contributed by atoms with Gasteiger partial charge in [0, 0.05) is 55.0 Å². The molecule has 2 fully saturated rings. The molecular weight excluding hydrogens is 485 g/mol. The number of hydrogen-bond acceptors (Lipinski definition) is 10. The van der Waals surface area contributed by atoms with E-state index in [1.165, 1.54) is 6.07 Å². The van der Waals surface area contributed by atoms with E-state index in [2.05, 4.69) is 15.1 Å². The number of amidine groups is 1. The quantitative estimate of drug-likeness (QED) is 0.160. The molecule has 2 aromatic rings. The number of piperidine rings is 1. The number of hydrogen-bond donors (Lipinski definition) is 2. The molecule has 0 saturated carbocycles. The number of cyclic esters (lactones) is 1. The van der Waals surface area contributed by atoms with E-state index < -0.39 is 11.8 Å². The fourth-order valence-electron chi connectivity index (χ4n) is 3.88. The molecule has 2 aliphatic heterocycles. The zero-order valence-electron chi connectivity index (χ0n) is 20.2. The van der Waals surface area contributed by atoms with Gasteiger partial charge in [0.1, 0.15) is 37.9 Å². The number of anilines is 1. The molecule has 0 spiro atoms. The van der Waals surface area contributed by atoms with Crippen LogP contribution in [-0.2, 0) is 25.7 Å². The summed E-state index contributed by atoms with van der Waals surface area (Å²) in [6.07, 6.45) is 3.83. The van der Waals surface area contributed by atoms with Gasteiger partial charge in [-0.1, -0.05) is 23.4 Å². The standard InChI is InChI=1S/C24H28FN7O5/c25-22-16(15-36-21(33)12-20(26)27)2-1-3-19(22)17-13-28-23(29-14-17)31-6-4-18(5-7-31)30-37-11-9-32-8-10-35-24(32)34/h1-3,13-14H,4-12,15H2,(H3,26,27). The lowest BCUT2D eigenvalue weighted by Crippen LogP contribution is -2.35. The summed E-state index contributed by atoms with van der Waals surface area (Å²) in [6, 6.07) is 4.78. The number of carbonyl (C=O) groups excluding carboxylic acids is 2. The number of nitrogens with zero attached hydrogens (tertiary/aromatic N) is 5. The number of rotatable bonds is 10. The number of halogens is 1. The fraction of sp³-hybridized carbons (Fsp3) is 0.417. The van der Waals surface area contributed by atoms with E-state index in [0.717, 1.165) is 5.71 Å². The van der Waals surface area contributed by atoms with Crippen molar-refractivity contribution in [2.75, 3.05) is 44.3 Å². The predicted molar refractivity (Wildman–Crippen MR) is 132 cm³/mol. The Morgan fingerprint density at radius 3 is 2.65 bits per heavy atom. The number of nitrogens with one attached hydrogen (secondary N) is 1. The molecule has 3 N–H and O–H groups in total. The highest BCUT2D eigenvalue weighted by atomic mass is 19.1. The Morgan fingerprint density at radius 2 is 1.97 bits per heavy atom. The van der Waals surface area contributed by atoms with Crippen molar-refractivity contribution < 1.29 is 28.3 Å². The summed E-state index contributed by atoms with van der Waals surface area (Å²) in [5, 5.41) is 11.3. The maximum Gasteiger partial charge on any atom is 0.410 e. The molecule has 0 atom stereocenters. The van der Waals surface area contributed by atoms with Crippen LogP contribution in [0.2, 0.25) is 0 Å². The largest absolute Gasteiger partial charge is 0.460 e. The monoisotopic (exact) mass is 513 g/mol. The third-order valence-corrected chi connectivity index (χ3v) is 5.87. The van der Waals surface area contributed by atoms with Gasteiger partial charge >= 0.3 is 12.1 Å². The molecule has 0 radical (unpaired) electrons. The van der Waals surface area contributed by atoms with Gasteiger partial charge in [0.05, 0.1) is 18.8 Å². The third kappa shape index (κ3) is 6.90. The molecule has 2 saturated heterocycles. The van der Waals surface area contributed by atoms with Gasteiger partial charge in [0.25, 0.3) is 0 Å². The topological polar surface area (TPSA) is 156 Å². The molecule has 0 bridgehead atoms. The molecule has 0 unspecified atom stereocenters. The van der Waals surface area contributed by atoms with Gasteiger partial charge in [-0.3, -0.25) is 10.2 Å². The van der Waals surface area contributed by atoms with Crippen LogP contribution in [0.25, 0.3) is 11.1 Å². The van der Waals surface area contributed by atoms with Crippen LogP contribution in [0.4, 0.5) is 15.1 Å². The number of oxime groups is 1. The molecule has 0 aliphatic carbocycles. The molecule has 2 aliphatic rings. The summed E-state index contributed by atoms with van der Waals surface area (Å²) in [5.74, 6) is -1.01. The maximum atomic E-state index is 15.0. The average molecular weight is 514 g/mol. The first kappa shape index (κ1) is 25.8. The Kier molecular flexibility index (Phi) is 8.44. The fourth-order valence-corrected chi connectivity index (χ4v) is 3.88. The average Bonchev–Trinajstić information content (AvgIpc) is 3.30. The van der Waals surface area contributed by atoms with Crippen molar-refractivity contribution in [1.29, 1.82) is 5.41 Å². The van der Waals surface area contributed by atoms with Crippen molar-refractivity contribution in [1.82, 2.24) is 14.9 Å². The zero-order chi connectivity index (χ0) is 26.2. The van der Waals surface area contributed by atoms with Gasteiger partial charge in [-0.05, 0) is 0 Å². The van der Waals surface area contributed by atoms with Crippen LogP contribution in [0, 0.1) is 11.2 Å². The van der Waals surface area contributed by atoms with E-state index >= 15 is 4.39 Å². The Hall–Kier alpha value is -4.29. The summed E-state index contributed by atoms with van der Waals surface area (Å²) in [4.78, 5) is 40.8. The van der Waals surface area contributed by atoms with Gasteiger partial charge in [0.2, 0.25) is 5.95 Å². The lowest BCUT2D eigenvalue weighted by molar-refractivity contribution is -0.143. The van der Waals surface area contributed by atoms with Crippen molar-refractivity contribution in [3.63, 3.8) is 0 Å². The van der Waals surface area contributed by atoms with Crippen LogP contribution in [0.3, 0.4) is 0 Å². The second kappa shape index (κ2) is 12.1. The second-order valence-electron chi connectivity index (χ2n) is 8.49. The van der Waals surface area contributed by atoms with Crippen LogP contribution in [0.15, 0.2) is 35.7 Å². The molecule has 13 heteroatoms. The molecule has 1 amide bonds. The minimum absolute atomic E-state index is 0.198. The van der Waals surface area contributed by atoms with E-state index in [1.807, 2.05) is 4.90 Å². The van der Waals surface area contributed by atoms with Gasteiger partial charge < -0.3 is 29.8 Å².